The van der Waals surface area contributed by atoms with Crippen molar-refractivity contribution in [1.29, 1.82) is 0 Å². The number of halogens is 1. The van der Waals surface area contributed by atoms with Gasteiger partial charge in [0.25, 0.3) is 11.7 Å². The third-order valence-corrected chi connectivity index (χ3v) is 5.53. The van der Waals surface area contributed by atoms with Gasteiger partial charge in [0.1, 0.15) is 11.5 Å². The summed E-state index contributed by atoms with van der Waals surface area (Å²) in [6.45, 7) is 0.788. The van der Waals surface area contributed by atoms with Crippen molar-refractivity contribution in [2.45, 2.75) is 19.0 Å². The second kappa shape index (κ2) is 9.15. The predicted octanol–water partition coefficient (Wildman–Crippen LogP) is 3.25. The van der Waals surface area contributed by atoms with Crippen LogP contribution >= 0.6 is 0 Å². The predicted molar refractivity (Wildman–Crippen MR) is 117 cm³/mol. The van der Waals surface area contributed by atoms with Crippen LogP contribution in [0.2, 0.25) is 0 Å². The summed E-state index contributed by atoms with van der Waals surface area (Å²) in [6.07, 6.45) is 5.61. The minimum atomic E-state index is -0.940. The van der Waals surface area contributed by atoms with E-state index in [-0.39, 0.29) is 29.2 Å². The number of amides is 1. The summed E-state index contributed by atoms with van der Waals surface area (Å²) in [5, 5.41) is 21.0. The molecule has 1 unspecified atom stereocenters. The highest BCUT2D eigenvalue weighted by Crippen LogP contribution is 2.40. The number of hydrogen-bond donors (Lipinski definition) is 2. The molecule has 1 saturated heterocycles. The first-order valence-corrected chi connectivity index (χ1v) is 10.3. The standard InChI is InChI=1S/C24H22FN3O5/c1-33-19-7-6-16(13-18(19)25)22(30)20-21(15-4-2-5-17(29)12-15)28(24(32)23(20)31)10-3-9-27-11-8-26-14-27/h2,4-8,11-14,21,29-30H,3,9-10H2,1H3. The number of rotatable bonds is 7. The molecule has 0 radical (unpaired) electrons. The number of imidazole rings is 1. The zero-order chi connectivity index (χ0) is 23.5. The number of aliphatic hydroxyl groups is 1. The zero-order valence-electron chi connectivity index (χ0n) is 17.8. The molecule has 1 atom stereocenters. The average Bonchev–Trinajstić information content (AvgIpc) is 3.41. The molecule has 0 saturated carbocycles. The maximum Gasteiger partial charge on any atom is 0.295 e. The molecule has 2 N–H and O–H groups in total. The van der Waals surface area contributed by atoms with Gasteiger partial charge in [-0.2, -0.15) is 0 Å². The number of phenols is 1. The Morgan fingerprint density at radius 2 is 2.00 bits per heavy atom. The largest absolute Gasteiger partial charge is 0.508 e. The van der Waals surface area contributed by atoms with Gasteiger partial charge in [0, 0.05) is 31.0 Å². The van der Waals surface area contributed by atoms with E-state index in [0.29, 0.717) is 18.5 Å². The number of methoxy groups -OCH3 is 1. The number of hydrogen-bond acceptors (Lipinski definition) is 6. The molecule has 3 aromatic rings. The normalized spacial score (nSPS) is 17.5. The van der Waals surface area contributed by atoms with E-state index in [1.807, 2.05) is 4.57 Å². The lowest BCUT2D eigenvalue weighted by molar-refractivity contribution is -0.139. The van der Waals surface area contributed by atoms with E-state index in [1.165, 1.54) is 36.3 Å². The molecule has 1 aliphatic heterocycles. The van der Waals surface area contributed by atoms with Crippen LogP contribution in [0.3, 0.4) is 0 Å². The summed E-state index contributed by atoms with van der Waals surface area (Å²) in [7, 11) is 1.31. The molecule has 0 bridgehead atoms. The second-order valence-corrected chi connectivity index (χ2v) is 7.59. The zero-order valence-corrected chi connectivity index (χ0v) is 17.8. The summed E-state index contributed by atoms with van der Waals surface area (Å²) in [5.41, 5.74) is 0.319. The Kier molecular flexibility index (Phi) is 6.12. The van der Waals surface area contributed by atoms with Gasteiger partial charge in [0.15, 0.2) is 11.6 Å². The maximum absolute atomic E-state index is 14.3. The van der Waals surface area contributed by atoms with Gasteiger partial charge in [-0.05, 0) is 42.3 Å². The Bertz CT molecular complexity index is 1220. The summed E-state index contributed by atoms with van der Waals surface area (Å²) in [6, 6.07) is 8.97. The van der Waals surface area contributed by atoms with Crippen LogP contribution < -0.4 is 4.74 Å². The summed E-state index contributed by atoms with van der Waals surface area (Å²) < 4.78 is 21.0. The monoisotopic (exact) mass is 451 g/mol. The average molecular weight is 451 g/mol. The van der Waals surface area contributed by atoms with Crippen molar-refractivity contribution in [3.63, 3.8) is 0 Å². The number of aromatic hydroxyl groups is 1. The summed E-state index contributed by atoms with van der Waals surface area (Å²) in [4.78, 5) is 31.3. The Balaban J connectivity index is 1.75. The molecule has 2 aromatic carbocycles. The third-order valence-electron chi connectivity index (χ3n) is 5.53. The van der Waals surface area contributed by atoms with Crippen molar-refractivity contribution in [2.24, 2.45) is 0 Å². The lowest BCUT2D eigenvalue weighted by Crippen LogP contribution is -2.31. The van der Waals surface area contributed by atoms with Crippen LogP contribution in [0.15, 0.2) is 66.8 Å². The lowest BCUT2D eigenvalue weighted by Gasteiger charge is -2.25. The lowest BCUT2D eigenvalue weighted by atomic mass is 9.95. The van der Waals surface area contributed by atoms with E-state index < -0.39 is 29.3 Å². The molecule has 1 aliphatic rings. The van der Waals surface area contributed by atoms with Gasteiger partial charge in [0.2, 0.25) is 0 Å². The van der Waals surface area contributed by atoms with Gasteiger partial charge in [-0.25, -0.2) is 9.37 Å². The molecule has 2 heterocycles. The fraction of sp³-hybridized carbons (Fsp3) is 0.208. The minimum Gasteiger partial charge on any atom is -0.508 e. The van der Waals surface area contributed by atoms with Crippen molar-refractivity contribution in [2.75, 3.05) is 13.7 Å². The number of Topliss-reactive ketones (excluding diaryl/α,β-unsaturated/α-hetero) is 1. The minimum absolute atomic E-state index is 0.0176. The highest BCUT2D eigenvalue weighted by Gasteiger charge is 2.45. The Hall–Kier alpha value is -4.14. The SMILES string of the molecule is COc1ccc(C(O)=C2C(=O)C(=O)N(CCCn3ccnc3)C2c2cccc(O)c2)cc1F. The molecule has 1 fully saturated rings. The van der Waals surface area contributed by atoms with Gasteiger partial charge in [0.05, 0.1) is 25.1 Å². The molecule has 33 heavy (non-hydrogen) atoms. The van der Waals surface area contributed by atoms with E-state index in [1.54, 1.807) is 30.9 Å². The number of likely N-dealkylation sites (tertiary alicyclic amines) is 1. The molecule has 4 rings (SSSR count). The van der Waals surface area contributed by atoms with Crippen LogP contribution in [0.4, 0.5) is 4.39 Å². The number of phenolic OH excluding ortho intramolecular Hbond substituents is 1. The molecular formula is C24H22FN3O5. The van der Waals surface area contributed by atoms with Crippen molar-refractivity contribution in [3.05, 3.63) is 83.7 Å². The number of benzene rings is 2. The van der Waals surface area contributed by atoms with Crippen LogP contribution in [0, 0.1) is 5.82 Å². The Morgan fingerprint density at radius 1 is 1.18 bits per heavy atom. The molecular weight excluding hydrogens is 429 g/mol. The summed E-state index contributed by atoms with van der Waals surface area (Å²) in [5.74, 6) is -2.93. The van der Waals surface area contributed by atoms with Gasteiger partial charge >= 0.3 is 0 Å². The summed E-state index contributed by atoms with van der Waals surface area (Å²) >= 11 is 0. The molecule has 8 nitrogen and oxygen atoms in total. The molecule has 1 amide bonds. The smallest absolute Gasteiger partial charge is 0.295 e. The molecule has 9 heteroatoms. The number of aliphatic hydroxyl groups excluding tert-OH is 1. The van der Waals surface area contributed by atoms with E-state index in [9.17, 15) is 24.2 Å². The molecule has 0 aliphatic carbocycles. The first-order valence-electron chi connectivity index (χ1n) is 10.3. The fourth-order valence-electron chi connectivity index (χ4n) is 3.96. The quantitative estimate of drug-likeness (QED) is 0.325. The number of nitrogens with zero attached hydrogens (tertiary/aromatic N) is 3. The van der Waals surface area contributed by atoms with Gasteiger partial charge in [-0.3, -0.25) is 9.59 Å². The topological polar surface area (TPSA) is 105 Å². The van der Waals surface area contributed by atoms with E-state index in [4.69, 9.17) is 4.74 Å². The van der Waals surface area contributed by atoms with Crippen LogP contribution in [-0.4, -0.2) is 50.0 Å². The maximum atomic E-state index is 14.3. The molecule has 0 spiro atoms. The van der Waals surface area contributed by atoms with E-state index >= 15 is 0 Å². The number of carbonyl (C=O) groups is 2. The molecule has 170 valence electrons. The van der Waals surface area contributed by atoms with Crippen LogP contribution in [0.1, 0.15) is 23.6 Å². The third kappa shape index (κ3) is 4.30. The number of ether oxygens (including phenoxy) is 1. The van der Waals surface area contributed by atoms with Crippen LogP contribution in [0.5, 0.6) is 11.5 Å². The second-order valence-electron chi connectivity index (χ2n) is 7.59. The Labute approximate surface area is 189 Å². The fourth-order valence-corrected chi connectivity index (χ4v) is 3.96. The Morgan fingerprint density at radius 3 is 2.67 bits per heavy atom. The van der Waals surface area contributed by atoms with Crippen LogP contribution in [-0.2, 0) is 16.1 Å². The van der Waals surface area contributed by atoms with Crippen LogP contribution in [0.25, 0.3) is 5.76 Å². The number of aryl methyl sites for hydroxylation is 1. The number of aromatic nitrogens is 2. The van der Waals surface area contributed by atoms with Crippen molar-refractivity contribution in [3.8, 4) is 11.5 Å². The van der Waals surface area contributed by atoms with Gasteiger partial charge < -0.3 is 24.4 Å². The van der Waals surface area contributed by atoms with Gasteiger partial charge in [-0.1, -0.05) is 12.1 Å². The number of carbonyl (C=O) groups excluding carboxylic acids is 2. The number of ketones is 1. The van der Waals surface area contributed by atoms with Crippen molar-refractivity contribution in [1.82, 2.24) is 14.5 Å². The first-order chi connectivity index (χ1) is 15.9. The van der Waals surface area contributed by atoms with E-state index in [2.05, 4.69) is 4.98 Å². The van der Waals surface area contributed by atoms with Crippen molar-refractivity contribution >= 4 is 17.4 Å². The molecule has 1 aromatic heterocycles. The van der Waals surface area contributed by atoms with E-state index in [0.717, 1.165) is 6.07 Å². The van der Waals surface area contributed by atoms with Gasteiger partial charge in [-0.15, -0.1) is 0 Å². The highest BCUT2D eigenvalue weighted by molar-refractivity contribution is 6.46. The van der Waals surface area contributed by atoms with Crippen molar-refractivity contribution < 1.29 is 28.9 Å². The highest BCUT2D eigenvalue weighted by atomic mass is 19.1. The first kappa shape index (κ1) is 22.1.